The first-order chi connectivity index (χ1) is 7.63. The minimum atomic E-state index is -0.547. The maximum atomic E-state index is 11.2. The third-order valence-electron chi connectivity index (χ3n) is 2.19. The monoisotopic (exact) mass is 225 g/mol. The maximum Gasteiger partial charge on any atom is 0.343 e. The summed E-state index contributed by atoms with van der Waals surface area (Å²) >= 11 is 0. The Kier molecular flexibility index (Phi) is 4.19. The molecular weight excluding hydrogens is 210 g/mol. The van der Waals surface area contributed by atoms with Gasteiger partial charge in [0.05, 0.1) is 7.11 Å². The lowest BCUT2D eigenvalue weighted by Gasteiger charge is -2.12. The molecule has 1 unspecified atom stereocenters. The van der Waals surface area contributed by atoms with Crippen molar-refractivity contribution in [2.75, 3.05) is 20.0 Å². The molecule has 2 N–H and O–H groups in total. The largest absolute Gasteiger partial charge is 0.465 e. The highest BCUT2D eigenvalue weighted by Gasteiger charge is 2.16. The summed E-state index contributed by atoms with van der Waals surface area (Å²) in [5, 5.41) is 0. The van der Waals surface area contributed by atoms with Crippen LogP contribution in [0.4, 0.5) is 5.82 Å². The molecule has 6 heteroatoms. The molecule has 1 aromatic rings. The van der Waals surface area contributed by atoms with E-state index in [1.54, 1.807) is 7.11 Å². The van der Waals surface area contributed by atoms with Gasteiger partial charge in [-0.05, 0) is 6.42 Å². The molecule has 88 valence electrons. The number of esters is 1. The third kappa shape index (κ3) is 2.46. The zero-order valence-corrected chi connectivity index (χ0v) is 9.56. The van der Waals surface area contributed by atoms with Crippen molar-refractivity contribution in [3.8, 4) is 0 Å². The molecular formula is C10H15N3O3. The summed E-state index contributed by atoms with van der Waals surface area (Å²) in [6.07, 6.45) is 1.87. The van der Waals surface area contributed by atoms with Gasteiger partial charge in [-0.1, -0.05) is 6.92 Å². The van der Waals surface area contributed by atoms with E-state index in [2.05, 4.69) is 14.7 Å². The molecule has 0 saturated heterocycles. The van der Waals surface area contributed by atoms with E-state index < -0.39 is 5.97 Å². The van der Waals surface area contributed by atoms with Gasteiger partial charge in [-0.25, -0.2) is 14.8 Å². The fraction of sp³-hybridized carbons (Fsp3) is 0.500. The predicted molar refractivity (Wildman–Crippen MR) is 57.8 cm³/mol. The summed E-state index contributed by atoms with van der Waals surface area (Å²) in [6.45, 7) is 1.95. The molecule has 1 heterocycles. The van der Waals surface area contributed by atoms with E-state index in [1.807, 2.05) is 6.92 Å². The molecule has 0 bridgehead atoms. The Balaban J connectivity index is 3.03. The smallest absolute Gasteiger partial charge is 0.343 e. The number of nitrogens with zero attached hydrogens (tertiary/aromatic N) is 2. The number of nitrogens with two attached hydrogens (primary N) is 1. The van der Waals surface area contributed by atoms with Gasteiger partial charge in [0.1, 0.15) is 17.5 Å². The highest BCUT2D eigenvalue weighted by atomic mass is 16.5. The number of carbonyl (C=O) groups is 1. The molecule has 6 nitrogen and oxygen atoms in total. The topological polar surface area (TPSA) is 87.3 Å². The van der Waals surface area contributed by atoms with Crippen molar-refractivity contribution in [2.45, 2.75) is 19.4 Å². The summed E-state index contributed by atoms with van der Waals surface area (Å²) in [5.74, 6) is 0.0250. The molecule has 0 aliphatic carbocycles. The van der Waals surface area contributed by atoms with Crippen molar-refractivity contribution in [1.82, 2.24) is 9.97 Å². The maximum absolute atomic E-state index is 11.2. The Bertz CT molecular complexity index is 378. The fourth-order valence-electron chi connectivity index (χ4n) is 1.29. The number of rotatable bonds is 4. The van der Waals surface area contributed by atoms with Crippen LogP contribution in [0.3, 0.4) is 0 Å². The molecule has 0 radical (unpaired) electrons. The third-order valence-corrected chi connectivity index (χ3v) is 2.19. The van der Waals surface area contributed by atoms with Crippen LogP contribution in [0, 0.1) is 0 Å². The number of aromatic nitrogens is 2. The lowest BCUT2D eigenvalue weighted by molar-refractivity contribution is 0.0599. The first-order valence-corrected chi connectivity index (χ1v) is 4.87. The van der Waals surface area contributed by atoms with Crippen molar-refractivity contribution in [2.24, 2.45) is 0 Å². The Hall–Kier alpha value is -1.69. The van der Waals surface area contributed by atoms with Crippen LogP contribution in [0.2, 0.25) is 0 Å². The van der Waals surface area contributed by atoms with Crippen molar-refractivity contribution in [3.05, 3.63) is 17.6 Å². The number of ether oxygens (including phenoxy) is 2. The van der Waals surface area contributed by atoms with Gasteiger partial charge < -0.3 is 15.2 Å². The van der Waals surface area contributed by atoms with E-state index in [9.17, 15) is 4.79 Å². The van der Waals surface area contributed by atoms with Crippen molar-refractivity contribution in [1.29, 1.82) is 0 Å². The second-order valence-electron chi connectivity index (χ2n) is 3.15. The zero-order valence-electron chi connectivity index (χ0n) is 9.56. The lowest BCUT2D eigenvalue weighted by atomic mass is 10.2. The number of hydrogen-bond acceptors (Lipinski definition) is 6. The van der Waals surface area contributed by atoms with E-state index in [-0.39, 0.29) is 17.5 Å². The molecule has 0 aliphatic rings. The Morgan fingerprint density at radius 2 is 2.25 bits per heavy atom. The fourth-order valence-corrected chi connectivity index (χ4v) is 1.29. The standard InChI is InChI=1S/C10H15N3O3/c1-4-7(15-2)9-12-5-6(8(11)13-9)10(14)16-3/h5,7H,4H2,1-3H3,(H2,11,12,13). The normalized spacial score (nSPS) is 12.2. The molecule has 16 heavy (non-hydrogen) atoms. The van der Waals surface area contributed by atoms with Gasteiger partial charge >= 0.3 is 5.97 Å². The van der Waals surface area contributed by atoms with Gasteiger partial charge in [0.15, 0.2) is 5.82 Å². The zero-order chi connectivity index (χ0) is 12.1. The van der Waals surface area contributed by atoms with Crippen LogP contribution in [0.15, 0.2) is 6.20 Å². The van der Waals surface area contributed by atoms with Crippen molar-refractivity contribution in [3.63, 3.8) is 0 Å². The molecule has 0 aliphatic heterocycles. The molecule has 1 rings (SSSR count). The highest BCUT2D eigenvalue weighted by molar-refractivity contribution is 5.93. The van der Waals surface area contributed by atoms with Gasteiger partial charge in [-0.2, -0.15) is 0 Å². The Morgan fingerprint density at radius 3 is 2.69 bits per heavy atom. The van der Waals surface area contributed by atoms with Gasteiger partial charge in [0.25, 0.3) is 0 Å². The minimum absolute atomic E-state index is 0.104. The van der Waals surface area contributed by atoms with Crippen LogP contribution in [-0.2, 0) is 9.47 Å². The van der Waals surface area contributed by atoms with Gasteiger partial charge in [-0.15, -0.1) is 0 Å². The van der Waals surface area contributed by atoms with Crippen molar-refractivity contribution >= 4 is 11.8 Å². The first-order valence-electron chi connectivity index (χ1n) is 4.87. The molecule has 0 saturated carbocycles. The van der Waals surface area contributed by atoms with E-state index in [0.29, 0.717) is 5.82 Å². The Labute approximate surface area is 93.8 Å². The van der Waals surface area contributed by atoms with E-state index in [1.165, 1.54) is 13.3 Å². The van der Waals surface area contributed by atoms with Gasteiger partial charge in [0, 0.05) is 13.3 Å². The average molecular weight is 225 g/mol. The molecule has 0 fully saturated rings. The van der Waals surface area contributed by atoms with Gasteiger partial charge in [0.2, 0.25) is 0 Å². The summed E-state index contributed by atoms with van der Waals surface area (Å²) in [5.41, 5.74) is 5.80. The summed E-state index contributed by atoms with van der Waals surface area (Å²) in [7, 11) is 2.85. The first kappa shape index (κ1) is 12.4. The Morgan fingerprint density at radius 1 is 1.56 bits per heavy atom. The SMILES string of the molecule is CCC(OC)c1ncc(C(=O)OC)c(N)n1. The molecule has 1 aromatic heterocycles. The number of methoxy groups -OCH3 is 2. The number of hydrogen-bond donors (Lipinski definition) is 1. The lowest BCUT2D eigenvalue weighted by Crippen LogP contribution is -2.13. The molecule has 0 spiro atoms. The van der Waals surface area contributed by atoms with Crippen LogP contribution >= 0.6 is 0 Å². The number of anilines is 1. The molecule has 1 atom stereocenters. The summed E-state index contributed by atoms with van der Waals surface area (Å²) in [4.78, 5) is 19.3. The van der Waals surface area contributed by atoms with E-state index in [4.69, 9.17) is 10.5 Å². The second-order valence-corrected chi connectivity index (χ2v) is 3.15. The number of nitrogen functional groups attached to an aromatic ring is 1. The minimum Gasteiger partial charge on any atom is -0.465 e. The quantitative estimate of drug-likeness (QED) is 0.767. The van der Waals surface area contributed by atoms with Gasteiger partial charge in [-0.3, -0.25) is 0 Å². The average Bonchev–Trinajstić information content (AvgIpc) is 2.30. The second kappa shape index (κ2) is 5.41. The predicted octanol–water partition coefficient (Wildman–Crippen LogP) is 0.943. The number of carbonyl (C=O) groups excluding carboxylic acids is 1. The van der Waals surface area contributed by atoms with Crippen LogP contribution in [0.25, 0.3) is 0 Å². The molecule has 0 aromatic carbocycles. The summed E-state index contributed by atoms with van der Waals surface area (Å²) in [6, 6.07) is 0. The highest BCUT2D eigenvalue weighted by Crippen LogP contribution is 2.18. The summed E-state index contributed by atoms with van der Waals surface area (Å²) < 4.78 is 9.71. The van der Waals surface area contributed by atoms with E-state index in [0.717, 1.165) is 6.42 Å². The van der Waals surface area contributed by atoms with Crippen LogP contribution in [0.1, 0.15) is 35.6 Å². The van der Waals surface area contributed by atoms with Crippen LogP contribution in [-0.4, -0.2) is 30.2 Å². The van der Waals surface area contributed by atoms with Crippen LogP contribution < -0.4 is 5.73 Å². The molecule has 0 amide bonds. The van der Waals surface area contributed by atoms with E-state index >= 15 is 0 Å². The van der Waals surface area contributed by atoms with Crippen LogP contribution in [0.5, 0.6) is 0 Å². The van der Waals surface area contributed by atoms with Crippen molar-refractivity contribution < 1.29 is 14.3 Å².